The van der Waals surface area contributed by atoms with Gasteiger partial charge in [0.15, 0.2) is 0 Å². The normalized spacial score (nSPS) is 20.0. The first-order chi connectivity index (χ1) is 8.28. The van der Waals surface area contributed by atoms with Crippen molar-refractivity contribution in [3.8, 4) is 0 Å². The zero-order chi connectivity index (χ0) is 11.8. The summed E-state index contributed by atoms with van der Waals surface area (Å²) in [6, 6.07) is 2.14. The molecule has 1 fully saturated rings. The summed E-state index contributed by atoms with van der Waals surface area (Å²) in [6.07, 6.45) is 1.03. The van der Waals surface area contributed by atoms with Crippen molar-refractivity contribution in [1.29, 1.82) is 0 Å². The average Bonchev–Trinajstić information content (AvgIpc) is 2.94. The summed E-state index contributed by atoms with van der Waals surface area (Å²) >= 11 is 1.72. The van der Waals surface area contributed by atoms with Crippen molar-refractivity contribution in [3.05, 3.63) is 16.8 Å². The summed E-state index contributed by atoms with van der Waals surface area (Å²) in [6.45, 7) is 3.67. The van der Waals surface area contributed by atoms with Crippen LogP contribution < -0.4 is 5.32 Å². The van der Waals surface area contributed by atoms with Crippen molar-refractivity contribution >= 4 is 27.4 Å². The van der Waals surface area contributed by atoms with E-state index in [4.69, 9.17) is 4.74 Å². The Labute approximate surface area is 104 Å². The second kappa shape index (κ2) is 4.23. The third kappa shape index (κ3) is 1.89. The zero-order valence-corrected chi connectivity index (χ0v) is 10.8. The lowest BCUT2D eigenvalue weighted by molar-refractivity contribution is 0.193. The molecule has 17 heavy (non-hydrogen) atoms. The van der Waals surface area contributed by atoms with E-state index < -0.39 is 0 Å². The van der Waals surface area contributed by atoms with Crippen molar-refractivity contribution in [2.45, 2.75) is 19.3 Å². The largest absolute Gasteiger partial charge is 0.381 e. The number of hydrogen-bond acceptors (Lipinski definition) is 5. The van der Waals surface area contributed by atoms with Crippen molar-refractivity contribution in [1.82, 2.24) is 9.97 Å². The Morgan fingerprint density at radius 2 is 2.35 bits per heavy atom. The topological polar surface area (TPSA) is 47.0 Å². The Hall–Kier alpha value is -1.20. The second-order valence-corrected chi connectivity index (χ2v) is 5.55. The maximum absolute atomic E-state index is 5.41. The molecule has 4 nitrogen and oxygen atoms in total. The van der Waals surface area contributed by atoms with Gasteiger partial charge in [-0.2, -0.15) is 0 Å². The van der Waals surface area contributed by atoms with E-state index in [0.29, 0.717) is 5.92 Å². The van der Waals surface area contributed by atoms with Crippen LogP contribution in [0.4, 0.5) is 5.82 Å². The molecule has 5 heteroatoms. The Bertz CT molecular complexity index is 546. The molecular formula is C12H15N3OS. The van der Waals surface area contributed by atoms with Crippen LogP contribution in [-0.4, -0.2) is 30.2 Å². The smallest absolute Gasteiger partial charge is 0.138 e. The minimum atomic E-state index is 0.355. The fourth-order valence-electron chi connectivity index (χ4n) is 2.17. The summed E-state index contributed by atoms with van der Waals surface area (Å²) in [5.74, 6) is 2.20. The van der Waals surface area contributed by atoms with E-state index in [2.05, 4.69) is 28.3 Å². The molecule has 3 heterocycles. The summed E-state index contributed by atoms with van der Waals surface area (Å²) in [7, 11) is 1.91. The summed E-state index contributed by atoms with van der Waals surface area (Å²) in [5, 5.41) is 4.28. The number of thiophene rings is 1. The highest BCUT2D eigenvalue weighted by Gasteiger charge is 2.22. The highest BCUT2D eigenvalue weighted by Crippen LogP contribution is 2.31. The van der Waals surface area contributed by atoms with Gasteiger partial charge >= 0.3 is 0 Å². The van der Waals surface area contributed by atoms with Crippen LogP contribution in [0, 0.1) is 6.92 Å². The minimum absolute atomic E-state index is 0.355. The van der Waals surface area contributed by atoms with Crippen LogP contribution in [-0.2, 0) is 4.74 Å². The molecule has 0 aliphatic carbocycles. The minimum Gasteiger partial charge on any atom is -0.381 e. The highest BCUT2D eigenvalue weighted by molar-refractivity contribution is 7.18. The number of ether oxygens (including phenoxy) is 1. The quantitative estimate of drug-likeness (QED) is 0.888. The predicted molar refractivity (Wildman–Crippen MR) is 69.9 cm³/mol. The zero-order valence-electron chi connectivity index (χ0n) is 9.99. The van der Waals surface area contributed by atoms with Gasteiger partial charge in [0.25, 0.3) is 0 Å². The van der Waals surface area contributed by atoms with Crippen molar-refractivity contribution < 1.29 is 4.74 Å². The maximum atomic E-state index is 5.41. The molecule has 2 aromatic rings. The standard InChI is InChI=1S/C12H15N3OS/c1-7-5-9-11(13-2)14-10(15-12(9)17-7)8-3-4-16-6-8/h5,8H,3-4,6H2,1-2H3,(H,13,14,15). The summed E-state index contributed by atoms with van der Waals surface area (Å²) in [4.78, 5) is 11.6. The fourth-order valence-corrected chi connectivity index (χ4v) is 3.06. The molecule has 1 saturated heterocycles. The van der Waals surface area contributed by atoms with E-state index >= 15 is 0 Å². The molecular weight excluding hydrogens is 234 g/mol. The third-order valence-electron chi connectivity index (χ3n) is 3.06. The van der Waals surface area contributed by atoms with Gasteiger partial charge in [-0.25, -0.2) is 9.97 Å². The van der Waals surface area contributed by atoms with E-state index in [0.717, 1.165) is 41.5 Å². The summed E-state index contributed by atoms with van der Waals surface area (Å²) < 4.78 is 5.41. The SMILES string of the molecule is CNc1nc(C2CCOC2)nc2sc(C)cc12. The number of aryl methyl sites for hydroxylation is 1. The Morgan fingerprint density at radius 3 is 3.06 bits per heavy atom. The van der Waals surface area contributed by atoms with Crippen LogP contribution in [0.25, 0.3) is 10.2 Å². The number of nitrogens with one attached hydrogen (secondary N) is 1. The van der Waals surface area contributed by atoms with Gasteiger partial charge in [0, 0.05) is 24.4 Å². The number of hydrogen-bond donors (Lipinski definition) is 1. The molecule has 0 saturated carbocycles. The molecule has 0 amide bonds. The Morgan fingerprint density at radius 1 is 1.47 bits per heavy atom. The lowest BCUT2D eigenvalue weighted by Crippen LogP contribution is -2.06. The van der Waals surface area contributed by atoms with Crippen LogP contribution in [0.2, 0.25) is 0 Å². The van der Waals surface area contributed by atoms with Crippen molar-refractivity contribution in [2.24, 2.45) is 0 Å². The molecule has 2 aromatic heterocycles. The van der Waals surface area contributed by atoms with E-state index in [9.17, 15) is 0 Å². The average molecular weight is 249 g/mol. The molecule has 1 aliphatic heterocycles. The maximum Gasteiger partial charge on any atom is 0.138 e. The molecule has 3 rings (SSSR count). The van der Waals surface area contributed by atoms with Crippen molar-refractivity contribution in [2.75, 3.05) is 25.6 Å². The van der Waals surface area contributed by atoms with Crippen molar-refractivity contribution in [3.63, 3.8) is 0 Å². The van der Waals surface area contributed by atoms with Crippen LogP contribution in [0.15, 0.2) is 6.07 Å². The van der Waals surface area contributed by atoms with E-state index in [-0.39, 0.29) is 0 Å². The van der Waals surface area contributed by atoms with Gasteiger partial charge in [0.05, 0.1) is 12.0 Å². The van der Waals surface area contributed by atoms with Gasteiger partial charge < -0.3 is 10.1 Å². The first-order valence-corrected chi connectivity index (χ1v) is 6.63. The van der Waals surface area contributed by atoms with Gasteiger partial charge in [-0.1, -0.05) is 0 Å². The van der Waals surface area contributed by atoms with Crippen LogP contribution in [0.5, 0.6) is 0 Å². The van der Waals surface area contributed by atoms with Gasteiger partial charge in [-0.05, 0) is 19.4 Å². The van der Waals surface area contributed by atoms with E-state index in [1.807, 2.05) is 7.05 Å². The van der Waals surface area contributed by atoms with Gasteiger partial charge in [0.2, 0.25) is 0 Å². The highest BCUT2D eigenvalue weighted by atomic mass is 32.1. The lowest BCUT2D eigenvalue weighted by Gasteiger charge is -2.08. The van der Waals surface area contributed by atoms with Crippen LogP contribution in [0.1, 0.15) is 23.0 Å². The molecule has 1 atom stereocenters. The molecule has 0 spiro atoms. The molecule has 0 aromatic carbocycles. The molecule has 1 N–H and O–H groups in total. The van der Waals surface area contributed by atoms with E-state index in [1.54, 1.807) is 11.3 Å². The summed E-state index contributed by atoms with van der Waals surface area (Å²) in [5.41, 5.74) is 0. The number of aromatic nitrogens is 2. The second-order valence-electron chi connectivity index (χ2n) is 4.32. The molecule has 90 valence electrons. The predicted octanol–water partition coefficient (Wildman–Crippen LogP) is 2.55. The van der Waals surface area contributed by atoms with Crippen LogP contribution in [0.3, 0.4) is 0 Å². The van der Waals surface area contributed by atoms with Crippen LogP contribution >= 0.6 is 11.3 Å². The first kappa shape index (κ1) is 10.9. The first-order valence-electron chi connectivity index (χ1n) is 5.81. The van der Waals surface area contributed by atoms with E-state index in [1.165, 1.54) is 4.88 Å². The number of rotatable bonds is 2. The Balaban J connectivity index is 2.13. The molecule has 1 aliphatic rings. The third-order valence-corrected chi connectivity index (χ3v) is 4.01. The molecule has 1 unspecified atom stereocenters. The Kier molecular flexibility index (Phi) is 2.72. The van der Waals surface area contributed by atoms with Gasteiger partial charge in [0.1, 0.15) is 16.5 Å². The number of nitrogens with zero attached hydrogens (tertiary/aromatic N) is 2. The fraction of sp³-hybridized carbons (Fsp3) is 0.500. The van der Waals surface area contributed by atoms with Gasteiger partial charge in [-0.15, -0.1) is 11.3 Å². The number of anilines is 1. The van der Waals surface area contributed by atoms with Gasteiger partial charge in [-0.3, -0.25) is 0 Å². The number of fused-ring (bicyclic) bond motifs is 1. The molecule has 0 radical (unpaired) electrons. The lowest BCUT2D eigenvalue weighted by atomic mass is 10.1. The monoisotopic (exact) mass is 249 g/mol. The molecule has 0 bridgehead atoms.